The summed E-state index contributed by atoms with van der Waals surface area (Å²) in [7, 11) is 0. The first kappa shape index (κ1) is 20.8. The molecule has 2 aromatic carbocycles. The Bertz CT molecular complexity index is 1210. The lowest BCUT2D eigenvalue weighted by molar-refractivity contribution is 0.283. The minimum atomic E-state index is -0.110. The third-order valence-corrected chi connectivity index (χ3v) is 8.02. The molecule has 3 aromatic rings. The van der Waals surface area contributed by atoms with Crippen molar-refractivity contribution < 1.29 is 0 Å². The van der Waals surface area contributed by atoms with Crippen LogP contribution in [0, 0.1) is 0 Å². The Kier molecular flexibility index (Phi) is 5.65. The van der Waals surface area contributed by atoms with Gasteiger partial charge in [0.25, 0.3) is 5.56 Å². The van der Waals surface area contributed by atoms with E-state index in [9.17, 15) is 4.79 Å². The molecule has 1 aromatic heterocycles. The minimum Gasteiger partial charge on any atom is -0.268 e. The van der Waals surface area contributed by atoms with Gasteiger partial charge in [0.15, 0.2) is 5.16 Å². The molecule has 1 fully saturated rings. The summed E-state index contributed by atoms with van der Waals surface area (Å²) in [4.78, 5) is 19.4. The molecule has 2 aliphatic rings. The predicted octanol–water partition coefficient (Wildman–Crippen LogP) is 6.70. The van der Waals surface area contributed by atoms with Gasteiger partial charge in [0.1, 0.15) is 0 Å². The molecular formula is C26H25BrN2OS. The average Bonchev–Trinajstić information content (AvgIpc) is 2.78. The second kappa shape index (κ2) is 8.44. The Morgan fingerprint density at radius 2 is 1.94 bits per heavy atom. The fourth-order valence-electron chi connectivity index (χ4n) is 5.26. The first-order valence-electron chi connectivity index (χ1n) is 10.9. The number of aromatic nitrogens is 2. The van der Waals surface area contributed by atoms with Crippen LogP contribution in [0.4, 0.5) is 0 Å². The molecule has 0 bridgehead atoms. The Morgan fingerprint density at radius 3 is 2.71 bits per heavy atom. The highest BCUT2D eigenvalue weighted by atomic mass is 79.9. The van der Waals surface area contributed by atoms with Crippen LogP contribution in [0.5, 0.6) is 0 Å². The topological polar surface area (TPSA) is 34.9 Å². The SMILES string of the molecule is C=CCSc1nc2c(c(=O)n1-c1cccc(Br)c1)C1(CCCCC1)Cc1ccccc1-2. The molecule has 5 rings (SSSR count). The molecule has 158 valence electrons. The number of hydrogen-bond acceptors (Lipinski definition) is 3. The Labute approximate surface area is 195 Å². The molecule has 0 aliphatic heterocycles. The van der Waals surface area contributed by atoms with Crippen molar-refractivity contribution in [1.29, 1.82) is 0 Å². The van der Waals surface area contributed by atoms with Gasteiger partial charge in [-0.25, -0.2) is 4.98 Å². The van der Waals surface area contributed by atoms with Crippen LogP contribution in [0.3, 0.4) is 0 Å². The van der Waals surface area contributed by atoms with E-state index in [-0.39, 0.29) is 11.0 Å². The molecule has 5 heteroatoms. The largest absolute Gasteiger partial charge is 0.268 e. The van der Waals surface area contributed by atoms with Crippen LogP contribution in [0.2, 0.25) is 0 Å². The van der Waals surface area contributed by atoms with Crippen molar-refractivity contribution in [2.24, 2.45) is 0 Å². The molecule has 0 unspecified atom stereocenters. The Balaban J connectivity index is 1.84. The van der Waals surface area contributed by atoms with E-state index >= 15 is 0 Å². The highest BCUT2D eigenvalue weighted by Crippen LogP contribution is 2.49. The van der Waals surface area contributed by atoms with E-state index in [0.29, 0.717) is 5.75 Å². The second-order valence-electron chi connectivity index (χ2n) is 8.51. The van der Waals surface area contributed by atoms with E-state index in [0.717, 1.165) is 51.4 Å². The summed E-state index contributed by atoms with van der Waals surface area (Å²) in [5.41, 5.74) is 5.09. The van der Waals surface area contributed by atoms with Crippen molar-refractivity contribution in [3.8, 4) is 16.9 Å². The lowest BCUT2D eigenvalue weighted by Crippen LogP contribution is -2.42. The zero-order chi connectivity index (χ0) is 21.4. The molecule has 0 saturated heterocycles. The summed E-state index contributed by atoms with van der Waals surface area (Å²) in [6.45, 7) is 3.86. The molecule has 2 aliphatic carbocycles. The van der Waals surface area contributed by atoms with Crippen LogP contribution in [-0.4, -0.2) is 15.3 Å². The van der Waals surface area contributed by atoms with Crippen LogP contribution in [-0.2, 0) is 11.8 Å². The van der Waals surface area contributed by atoms with Gasteiger partial charge < -0.3 is 0 Å². The van der Waals surface area contributed by atoms with Crippen molar-refractivity contribution in [3.05, 3.63) is 87.1 Å². The fourth-order valence-corrected chi connectivity index (χ4v) is 6.39. The standard InChI is InChI=1S/C26H25BrN2OS/c1-2-15-31-25-28-23-21-12-5-4-9-18(21)17-26(13-6-3-7-14-26)22(23)24(30)29(25)20-11-8-10-19(27)16-20/h2,4-5,8-12,16H,1,3,6-7,13-15,17H2. The molecule has 3 nitrogen and oxygen atoms in total. The van der Waals surface area contributed by atoms with Crippen LogP contribution in [0.15, 0.2) is 75.6 Å². The number of nitrogens with zero attached hydrogens (tertiary/aromatic N) is 2. The third kappa shape index (κ3) is 3.62. The molecule has 0 atom stereocenters. The van der Waals surface area contributed by atoms with Crippen molar-refractivity contribution in [2.45, 2.75) is 49.1 Å². The lowest BCUT2D eigenvalue weighted by Gasteiger charge is -2.42. The Morgan fingerprint density at radius 1 is 1.13 bits per heavy atom. The van der Waals surface area contributed by atoms with E-state index < -0.39 is 0 Å². The maximum Gasteiger partial charge on any atom is 0.263 e. The minimum absolute atomic E-state index is 0.0889. The molecule has 0 amide bonds. The normalized spacial score (nSPS) is 16.5. The van der Waals surface area contributed by atoms with Gasteiger partial charge in [-0.2, -0.15) is 0 Å². The van der Waals surface area contributed by atoms with E-state index in [4.69, 9.17) is 4.98 Å². The van der Waals surface area contributed by atoms with Gasteiger partial charge in [-0.1, -0.05) is 83.4 Å². The van der Waals surface area contributed by atoms with Gasteiger partial charge in [-0.05, 0) is 43.0 Å². The van der Waals surface area contributed by atoms with E-state index in [1.54, 1.807) is 11.8 Å². The monoisotopic (exact) mass is 492 g/mol. The van der Waals surface area contributed by atoms with Gasteiger partial charge in [-0.3, -0.25) is 9.36 Å². The summed E-state index contributed by atoms with van der Waals surface area (Å²) < 4.78 is 2.77. The van der Waals surface area contributed by atoms with Crippen molar-refractivity contribution in [1.82, 2.24) is 9.55 Å². The van der Waals surface area contributed by atoms with E-state index in [2.05, 4.69) is 46.8 Å². The van der Waals surface area contributed by atoms with Crippen LogP contribution < -0.4 is 5.56 Å². The fraction of sp³-hybridized carbons (Fsp3) is 0.308. The Hall–Kier alpha value is -2.11. The zero-order valence-electron chi connectivity index (χ0n) is 17.4. The first-order valence-corrected chi connectivity index (χ1v) is 12.7. The maximum atomic E-state index is 14.3. The number of rotatable bonds is 4. The van der Waals surface area contributed by atoms with E-state index in [1.807, 2.05) is 34.9 Å². The number of hydrogen-bond donors (Lipinski definition) is 0. The molecule has 0 radical (unpaired) electrons. The summed E-state index contributed by atoms with van der Waals surface area (Å²) in [5.74, 6) is 0.700. The summed E-state index contributed by atoms with van der Waals surface area (Å²) >= 11 is 5.13. The molecule has 31 heavy (non-hydrogen) atoms. The molecule has 1 saturated carbocycles. The van der Waals surface area contributed by atoms with Gasteiger partial charge in [0.2, 0.25) is 0 Å². The van der Waals surface area contributed by atoms with Gasteiger partial charge in [-0.15, -0.1) is 6.58 Å². The van der Waals surface area contributed by atoms with Crippen LogP contribution in [0.25, 0.3) is 16.9 Å². The van der Waals surface area contributed by atoms with E-state index in [1.165, 1.54) is 24.8 Å². The van der Waals surface area contributed by atoms with Crippen molar-refractivity contribution in [2.75, 3.05) is 5.75 Å². The van der Waals surface area contributed by atoms with Gasteiger partial charge >= 0.3 is 0 Å². The maximum absolute atomic E-state index is 14.3. The lowest BCUT2D eigenvalue weighted by atomic mass is 9.62. The summed E-state index contributed by atoms with van der Waals surface area (Å²) in [6.07, 6.45) is 8.50. The molecular weight excluding hydrogens is 468 g/mol. The third-order valence-electron chi connectivity index (χ3n) is 6.59. The van der Waals surface area contributed by atoms with Gasteiger partial charge in [0, 0.05) is 21.2 Å². The number of halogens is 1. The van der Waals surface area contributed by atoms with Crippen molar-refractivity contribution in [3.63, 3.8) is 0 Å². The summed E-state index contributed by atoms with van der Waals surface area (Å²) in [5, 5.41) is 0.726. The molecule has 1 spiro atoms. The van der Waals surface area contributed by atoms with Crippen LogP contribution in [0.1, 0.15) is 43.2 Å². The number of benzene rings is 2. The highest BCUT2D eigenvalue weighted by molar-refractivity contribution is 9.10. The molecule has 1 heterocycles. The smallest absolute Gasteiger partial charge is 0.263 e. The quantitative estimate of drug-likeness (QED) is 0.231. The number of fused-ring (bicyclic) bond motifs is 4. The number of thioether (sulfide) groups is 1. The zero-order valence-corrected chi connectivity index (χ0v) is 19.8. The van der Waals surface area contributed by atoms with Crippen LogP contribution >= 0.6 is 27.7 Å². The van der Waals surface area contributed by atoms with Gasteiger partial charge in [0.05, 0.1) is 16.9 Å². The average molecular weight is 493 g/mol. The highest BCUT2D eigenvalue weighted by Gasteiger charge is 2.43. The van der Waals surface area contributed by atoms with Crippen molar-refractivity contribution >= 4 is 27.7 Å². The summed E-state index contributed by atoms with van der Waals surface area (Å²) in [6, 6.07) is 16.4. The second-order valence-corrected chi connectivity index (χ2v) is 10.4. The predicted molar refractivity (Wildman–Crippen MR) is 132 cm³/mol. The first-order chi connectivity index (χ1) is 15.1. The molecule has 0 N–H and O–H groups in total.